The van der Waals surface area contributed by atoms with Crippen molar-refractivity contribution < 1.29 is 9.63 Å². The molecule has 0 saturated carbocycles. The lowest BCUT2D eigenvalue weighted by Gasteiger charge is -2.38. The number of hydrogen-bond acceptors (Lipinski definition) is 5. The van der Waals surface area contributed by atoms with Gasteiger partial charge in [0.15, 0.2) is 0 Å². The summed E-state index contributed by atoms with van der Waals surface area (Å²) in [4.78, 5) is 6.88. The topological polar surface area (TPSA) is 62.4 Å². The highest BCUT2D eigenvalue weighted by atomic mass is 35.5. The lowest BCUT2D eigenvalue weighted by Crippen LogP contribution is -2.41. The molecule has 0 aliphatic carbocycles. The van der Waals surface area contributed by atoms with Crippen LogP contribution in [0.4, 0.5) is 0 Å². The van der Waals surface area contributed by atoms with Crippen LogP contribution in [0.15, 0.2) is 59.1 Å². The Kier molecular flexibility index (Phi) is 6.05. The first kappa shape index (κ1) is 19.1. The first-order chi connectivity index (χ1) is 13.7. The number of aromatic nitrogens is 2. The van der Waals surface area contributed by atoms with Crippen LogP contribution in [0, 0.1) is 5.92 Å². The zero-order chi connectivity index (χ0) is 19.3. The number of aliphatic hydroxyl groups is 1. The Morgan fingerprint density at radius 3 is 2.64 bits per heavy atom. The highest BCUT2D eigenvalue weighted by Gasteiger charge is 2.29. The molecule has 28 heavy (non-hydrogen) atoms. The predicted molar refractivity (Wildman–Crippen MR) is 109 cm³/mol. The van der Waals surface area contributed by atoms with Gasteiger partial charge in [0.1, 0.15) is 0 Å². The van der Waals surface area contributed by atoms with Gasteiger partial charge >= 0.3 is 0 Å². The van der Waals surface area contributed by atoms with Crippen molar-refractivity contribution >= 4 is 11.6 Å². The molecule has 4 rings (SSSR count). The number of piperidine rings is 1. The third-order valence-corrected chi connectivity index (χ3v) is 5.74. The van der Waals surface area contributed by atoms with E-state index in [-0.39, 0.29) is 12.5 Å². The van der Waals surface area contributed by atoms with Gasteiger partial charge in [-0.3, -0.25) is 0 Å². The molecule has 2 atom stereocenters. The van der Waals surface area contributed by atoms with E-state index in [1.807, 2.05) is 30.3 Å². The third kappa shape index (κ3) is 4.43. The lowest BCUT2D eigenvalue weighted by atomic mass is 9.81. The van der Waals surface area contributed by atoms with Gasteiger partial charge in [0, 0.05) is 42.6 Å². The predicted octanol–water partition coefficient (Wildman–Crippen LogP) is 4.03. The van der Waals surface area contributed by atoms with Crippen molar-refractivity contribution in [1.82, 2.24) is 15.0 Å². The molecule has 0 radical (unpaired) electrons. The van der Waals surface area contributed by atoms with Crippen LogP contribution in [0.3, 0.4) is 0 Å². The highest BCUT2D eigenvalue weighted by Crippen LogP contribution is 2.32. The van der Waals surface area contributed by atoms with Gasteiger partial charge in [0.05, 0.1) is 0 Å². The SMILES string of the molecule is OC[C@H]1CN(CCc2nc(-c3ccc(Cl)cc3)no2)CC[C@H]1c1ccccc1. The van der Waals surface area contributed by atoms with Crippen molar-refractivity contribution in [3.63, 3.8) is 0 Å². The Bertz CT molecular complexity index is 882. The molecule has 1 saturated heterocycles. The van der Waals surface area contributed by atoms with E-state index in [2.05, 4.69) is 39.3 Å². The van der Waals surface area contributed by atoms with Crippen LogP contribution in [0.5, 0.6) is 0 Å². The maximum atomic E-state index is 9.90. The number of nitrogens with zero attached hydrogens (tertiary/aromatic N) is 3. The van der Waals surface area contributed by atoms with Crippen molar-refractivity contribution in [2.45, 2.75) is 18.8 Å². The van der Waals surface area contributed by atoms with Crippen LogP contribution in [0.25, 0.3) is 11.4 Å². The summed E-state index contributed by atoms with van der Waals surface area (Å²) in [6.45, 7) is 2.94. The summed E-state index contributed by atoms with van der Waals surface area (Å²) in [7, 11) is 0. The fourth-order valence-corrected chi connectivity index (χ4v) is 4.09. The lowest BCUT2D eigenvalue weighted by molar-refractivity contribution is 0.101. The van der Waals surface area contributed by atoms with Crippen LogP contribution >= 0.6 is 11.6 Å². The minimum Gasteiger partial charge on any atom is -0.396 e. The summed E-state index contributed by atoms with van der Waals surface area (Å²) in [6, 6.07) is 17.9. The van der Waals surface area contributed by atoms with E-state index in [4.69, 9.17) is 16.1 Å². The quantitative estimate of drug-likeness (QED) is 0.680. The molecule has 1 aromatic heterocycles. The Morgan fingerprint density at radius 2 is 1.89 bits per heavy atom. The Morgan fingerprint density at radius 1 is 1.11 bits per heavy atom. The van der Waals surface area contributed by atoms with E-state index in [1.54, 1.807) is 0 Å². The molecule has 1 aliphatic heterocycles. The second-order valence-electron chi connectivity index (χ2n) is 7.32. The van der Waals surface area contributed by atoms with Crippen molar-refractivity contribution in [2.75, 3.05) is 26.2 Å². The zero-order valence-corrected chi connectivity index (χ0v) is 16.4. The van der Waals surface area contributed by atoms with Crippen molar-refractivity contribution in [3.8, 4) is 11.4 Å². The van der Waals surface area contributed by atoms with Crippen LogP contribution in [0.2, 0.25) is 5.02 Å². The molecular weight excluding hydrogens is 374 g/mol. The maximum absolute atomic E-state index is 9.90. The number of rotatable bonds is 6. The van der Waals surface area contributed by atoms with Gasteiger partial charge in [-0.05, 0) is 48.7 Å². The molecule has 146 valence electrons. The van der Waals surface area contributed by atoms with Gasteiger partial charge in [-0.1, -0.05) is 47.1 Å². The second-order valence-corrected chi connectivity index (χ2v) is 7.75. The molecule has 0 spiro atoms. The number of likely N-dealkylation sites (tertiary alicyclic amines) is 1. The minimum absolute atomic E-state index is 0.206. The van der Waals surface area contributed by atoms with E-state index in [0.29, 0.717) is 29.1 Å². The Labute approximate surface area is 170 Å². The fraction of sp³-hybridized carbons (Fsp3) is 0.364. The summed E-state index contributed by atoms with van der Waals surface area (Å²) in [5, 5.41) is 14.7. The fourth-order valence-electron chi connectivity index (χ4n) is 3.96. The molecule has 2 heterocycles. The highest BCUT2D eigenvalue weighted by molar-refractivity contribution is 6.30. The van der Waals surface area contributed by atoms with Gasteiger partial charge in [0.2, 0.25) is 11.7 Å². The number of hydrogen-bond donors (Lipinski definition) is 1. The Balaban J connectivity index is 1.34. The molecule has 1 aliphatic rings. The number of aliphatic hydroxyl groups excluding tert-OH is 1. The molecule has 3 aromatic rings. The maximum Gasteiger partial charge on any atom is 0.228 e. The van der Waals surface area contributed by atoms with Crippen molar-refractivity contribution in [2.24, 2.45) is 5.92 Å². The van der Waals surface area contributed by atoms with E-state index in [0.717, 1.165) is 31.6 Å². The summed E-state index contributed by atoms with van der Waals surface area (Å²) in [6.07, 6.45) is 1.75. The van der Waals surface area contributed by atoms with E-state index < -0.39 is 0 Å². The van der Waals surface area contributed by atoms with Crippen LogP contribution < -0.4 is 0 Å². The molecular formula is C22H24ClN3O2. The molecule has 2 aromatic carbocycles. The van der Waals surface area contributed by atoms with Gasteiger partial charge in [-0.2, -0.15) is 4.98 Å². The van der Waals surface area contributed by atoms with Crippen molar-refractivity contribution in [1.29, 1.82) is 0 Å². The molecule has 0 bridgehead atoms. The van der Waals surface area contributed by atoms with Gasteiger partial charge in [0.25, 0.3) is 0 Å². The monoisotopic (exact) mass is 397 g/mol. The summed E-state index contributed by atoms with van der Waals surface area (Å²) in [5.41, 5.74) is 2.22. The second kappa shape index (κ2) is 8.86. The molecule has 0 unspecified atom stereocenters. The van der Waals surface area contributed by atoms with E-state index in [1.165, 1.54) is 5.56 Å². The van der Waals surface area contributed by atoms with Crippen LogP contribution in [-0.4, -0.2) is 46.4 Å². The van der Waals surface area contributed by atoms with E-state index in [9.17, 15) is 5.11 Å². The molecule has 1 N–H and O–H groups in total. The average molecular weight is 398 g/mol. The molecule has 6 heteroatoms. The van der Waals surface area contributed by atoms with Gasteiger partial charge in [-0.25, -0.2) is 0 Å². The molecule has 1 fully saturated rings. The Hall–Kier alpha value is -2.21. The van der Waals surface area contributed by atoms with Crippen LogP contribution in [-0.2, 0) is 6.42 Å². The van der Waals surface area contributed by atoms with Gasteiger partial charge < -0.3 is 14.5 Å². The normalized spacial score (nSPS) is 20.4. The average Bonchev–Trinajstić information content (AvgIpc) is 3.22. The number of benzene rings is 2. The van der Waals surface area contributed by atoms with Gasteiger partial charge in [-0.15, -0.1) is 0 Å². The minimum atomic E-state index is 0.206. The largest absolute Gasteiger partial charge is 0.396 e. The summed E-state index contributed by atoms with van der Waals surface area (Å²) in [5.74, 6) is 1.89. The summed E-state index contributed by atoms with van der Waals surface area (Å²) < 4.78 is 5.41. The van der Waals surface area contributed by atoms with Crippen LogP contribution in [0.1, 0.15) is 23.8 Å². The first-order valence-electron chi connectivity index (χ1n) is 9.69. The molecule has 5 nitrogen and oxygen atoms in total. The zero-order valence-electron chi connectivity index (χ0n) is 15.7. The van der Waals surface area contributed by atoms with Crippen molar-refractivity contribution in [3.05, 3.63) is 71.1 Å². The smallest absolute Gasteiger partial charge is 0.228 e. The standard InChI is InChI=1S/C22H24ClN3O2/c23-19-8-6-17(7-9-19)22-24-21(28-25-22)11-13-26-12-10-20(18(14-26)15-27)16-4-2-1-3-5-16/h1-9,18,20,27H,10-15H2/t18-,20+/m1/s1. The first-order valence-corrected chi connectivity index (χ1v) is 10.1. The molecule has 0 amide bonds. The van der Waals surface area contributed by atoms with E-state index >= 15 is 0 Å². The summed E-state index contributed by atoms with van der Waals surface area (Å²) >= 11 is 5.93. The third-order valence-electron chi connectivity index (χ3n) is 5.49. The number of halogens is 1.